The second kappa shape index (κ2) is 8.38. The lowest BCUT2D eigenvalue weighted by molar-refractivity contribution is 0.191. The van der Waals surface area contributed by atoms with E-state index in [0.717, 1.165) is 25.7 Å². The van der Waals surface area contributed by atoms with Crippen molar-refractivity contribution in [3.63, 3.8) is 0 Å². The van der Waals surface area contributed by atoms with E-state index < -0.39 is 15.6 Å². The Morgan fingerprint density at radius 2 is 2.00 bits per heavy atom. The normalized spacial score (nSPS) is 24.1. The molecule has 138 valence electrons. The maximum atomic E-state index is 13.0. The van der Waals surface area contributed by atoms with Crippen molar-refractivity contribution in [3.8, 4) is 11.5 Å². The van der Waals surface area contributed by atoms with Crippen LogP contribution < -0.4 is 19.9 Å². The Bertz CT molecular complexity index is 653. The Labute approximate surface area is 150 Å². The van der Waals surface area contributed by atoms with Crippen LogP contribution in [0.25, 0.3) is 0 Å². The Hall–Kier alpha value is -1.02. The lowest BCUT2D eigenvalue weighted by Crippen LogP contribution is -2.58. The molecule has 1 aromatic carbocycles. The molecule has 1 saturated carbocycles. The quantitative estimate of drug-likeness (QED) is 0.792. The third-order valence-electron chi connectivity index (χ3n) is 4.82. The van der Waals surface area contributed by atoms with E-state index in [-0.39, 0.29) is 35.5 Å². The molecule has 0 heterocycles. The lowest BCUT2D eigenvalue weighted by Gasteiger charge is -2.42. The molecule has 0 radical (unpaired) electrons. The summed E-state index contributed by atoms with van der Waals surface area (Å²) < 4.78 is 39.1. The van der Waals surface area contributed by atoms with E-state index in [9.17, 15) is 8.42 Å². The minimum atomic E-state index is -3.77. The maximum absolute atomic E-state index is 13.0. The van der Waals surface area contributed by atoms with Gasteiger partial charge < -0.3 is 15.2 Å². The zero-order chi connectivity index (χ0) is 17.1. The Kier molecular flexibility index (Phi) is 7.34. The van der Waals surface area contributed by atoms with E-state index in [0.29, 0.717) is 5.75 Å². The first kappa shape index (κ1) is 21.0. The summed E-state index contributed by atoms with van der Waals surface area (Å²) >= 11 is 0. The first-order valence-electron chi connectivity index (χ1n) is 7.84. The van der Waals surface area contributed by atoms with Gasteiger partial charge in [-0.2, -0.15) is 0 Å². The molecular formula is C16H27ClN2O4S. The highest BCUT2D eigenvalue weighted by Crippen LogP contribution is 2.36. The number of benzene rings is 1. The molecule has 1 fully saturated rings. The van der Waals surface area contributed by atoms with Gasteiger partial charge in [-0.25, -0.2) is 13.1 Å². The van der Waals surface area contributed by atoms with Gasteiger partial charge in [0.25, 0.3) is 0 Å². The van der Waals surface area contributed by atoms with Crippen molar-refractivity contribution in [2.45, 2.75) is 43.0 Å². The summed E-state index contributed by atoms with van der Waals surface area (Å²) in [6.07, 6.45) is 3.79. The van der Waals surface area contributed by atoms with Crippen molar-refractivity contribution in [2.24, 2.45) is 11.7 Å². The second-order valence-corrected chi connectivity index (χ2v) is 7.78. The van der Waals surface area contributed by atoms with E-state index in [1.54, 1.807) is 12.1 Å². The number of hydrogen-bond acceptors (Lipinski definition) is 5. The molecule has 0 aliphatic heterocycles. The average molecular weight is 379 g/mol. The van der Waals surface area contributed by atoms with Crippen LogP contribution >= 0.6 is 12.4 Å². The largest absolute Gasteiger partial charge is 0.497 e. The van der Waals surface area contributed by atoms with Gasteiger partial charge in [-0.3, -0.25) is 0 Å². The van der Waals surface area contributed by atoms with Gasteiger partial charge in [-0.1, -0.05) is 19.8 Å². The third-order valence-corrected chi connectivity index (χ3v) is 6.39. The Balaban J connectivity index is 0.00000288. The van der Waals surface area contributed by atoms with E-state index in [4.69, 9.17) is 15.2 Å². The maximum Gasteiger partial charge on any atom is 0.244 e. The fourth-order valence-electron chi connectivity index (χ4n) is 3.23. The molecule has 8 heteroatoms. The lowest BCUT2D eigenvalue weighted by atomic mass is 9.74. The van der Waals surface area contributed by atoms with Crippen molar-refractivity contribution in [2.75, 3.05) is 20.8 Å². The van der Waals surface area contributed by atoms with Crippen LogP contribution in [-0.4, -0.2) is 34.7 Å². The smallest absolute Gasteiger partial charge is 0.244 e. The van der Waals surface area contributed by atoms with Crippen molar-refractivity contribution in [1.29, 1.82) is 0 Å². The number of nitrogens with one attached hydrogen (secondary N) is 1. The minimum Gasteiger partial charge on any atom is -0.497 e. The first-order valence-corrected chi connectivity index (χ1v) is 9.33. The fraction of sp³-hybridized carbons (Fsp3) is 0.625. The predicted octanol–water partition coefficient (Wildman–Crippen LogP) is 2.31. The molecule has 0 bridgehead atoms. The molecule has 3 N–H and O–H groups in total. The van der Waals surface area contributed by atoms with Crippen LogP contribution in [0.1, 0.15) is 32.6 Å². The topological polar surface area (TPSA) is 90.6 Å². The van der Waals surface area contributed by atoms with Crippen LogP contribution in [0, 0.1) is 5.92 Å². The van der Waals surface area contributed by atoms with Gasteiger partial charge in [0.05, 0.1) is 14.2 Å². The molecule has 0 spiro atoms. The highest BCUT2D eigenvalue weighted by Gasteiger charge is 2.41. The summed E-state index contributed by atoms with van der Waals surface area (Å²) in [5.41, 5.74) is 5.35. The van der Waals surface area contributed by atoms with Gasteiger partial charge in [0.2, 0.25) is 10.0 Å². The van der Waals surface area contributed by atoms with Gasteiger partial charge in [0, 0.05) is 18.2 Å². The number of halogens is 1. The van der Waals surface area contributed by atoms with Crippen molar-refractivity contribution in [1.82, 2.24) is 4.72 Å². The SMILES string of the molecule is COc1ccc(OC)c(S(=O)(=O)NC2(CN)CCCCC2C)c1.Cl. The molecule has 1 aliphatic carbocycles. The zero-order valence-corrected chi connectivity index (χ0v) is 16.0. The average Bonchev–Trinajstić information content (AvgIpc) is 2.56. The van der Waals surface area contributed by atoms with Crippen LogP contribution in [-0.2, 0) is 10.0 Å². The molecule has 24 heavy (non-hydrogen) atoms. The van der Waals surface area contributed by atoms with Crippen LogP contribution in [0.4, 0.5) is 0 Å². The number of ether oxygens (including phenoxy) is 2. The van der Waals surface area contributed by atoms with Crippen molar-refractivity contribution < 1.29 is 17.9 Å². The molecule has 1 aromatic rings. The van der Waals surface area contributed by atoms with Crippen molar-refractivity contribution >= 4 is 22.4 Å². The van der Waals surface area contributed by atoms with E-state index >= 15 is 0 Å². The van der Waals surface area contributed by atoms with E-state index in [2.05, 4.69) is 11.6 Å². The Morgan fingerprint density at radius 3 is 2.54 bits per heavy atom. The highest BCUT2D eigenvalue weighted by molar-refractivity contribution is 7.89. The summed E-state index contributed by atoms with van der Waals surface area (Å²) in [6.45, 7) is 2.33. The molecule has 0 saturated heterocycles. The first-order chi connectivity index (χ1) is 10.9. The second-order valence-electron chi connectivity index (χ2n) is 6.13. The van der Waals surface area contributed by atoms with Gasteiger partial charge in [-0.15, -0.1) is 12.4 Å². The molecule has 2 atom stereocenters. The number of sulfonamides is 1. The summed E-state index contributed by atoms with van der Waals surface area (Å²) in [4.78, 5) is 0.0740. The number of rotatable bonds is 6. The summed E-state index contributed by atoms with van der Waals surface area (Å²) in [6, 6.07) is 4.73. The van der Waals surface area contributed by atoms with E-state index in [1.165, 1.54) is 20.3 Å². The van der Waals surface area contributed by atoms with Crippen LogP contribution in [0.5, 0.6) is 11.5 Å². The predicted molar refractivity (Wildman–Crippen MR) is 96.5 cm³/mol. The number of methoxy groups -OCH3 is 2. The number of nitrogens with two attached hydrogens (primary N) is 1. The Morgan fingerprint density at radius 1 is 1.29 bits per heavy atom. The highest BCUT2D eigenvalue weighted by atomic mass is 35.5. The molecule has 2 unspecified atom stereocenters. The van der Waals surface area contributed by atoms with Gasteiger partial charge >= 0.3 is 0 Å². The molecule has 1 aliphatic rings. The van der Waals surface area contributed by atoms with Crippen molar-refractivity contribution in [3.05, 3.63) is 18.2 Å². The van der Waals surface area contributed by atoms with Gasteiger partial charge in [0.1, 0.15) is 16.4 Å². The summed E-state index contributed by atoms with van der Waals surface area (Å²) in [5.74, 6) is 0.936. The van der Waals surface area contributed by atoms with Crippen LogP contribution in [0.15, 0.2) is 23.1 Å². The van der Waals surface area contributed by atoms with Crippen LogP contribution in [0.3, 0.4) is 0 Å². The molecule has 0 aromatic heterocycles. The van der Waals surface area contributed by atoms with Crippen LogP contribution in [0.2, 0.25) is 0 Å². The monoisotopic (exact) mass is 378 g/mol. The summed E-state index contributed by atoms with van der Waals surface area (Å²) in [7, 11) is -0.830. The molecule has 6 nitrogen and oxygen atoms in total. The summed E-state index contributed by atoms with van der Waals surface area (Å²) in [5, 5.41) is 0. The minimum absolute atomic E-state index is 0. The van der Waals surface area contributed by atoms with Gasteiger partial charge in [0.15, 0.2) is 0 Å². The number of hydrogen-bond donors (Lipinski definition) is 2. The zero-order valence-electron chi connectivity index (χ0n) is 14.4. The van der Waals surface area contributed by atoms with E-state index in [1.807, 2.05) is 0 Å². The fourth-order valence-corrected chi connectivity index (χ4v) is 4.95. The third kappa shape index (κ3) is 4.14. The molecular weight excluding hydrogens is 352 g/mol. The standard InChI is InChI=1S/C16H26N2O4S.ClH/c1-12-6-4-5-9-16(12,11-17)18-23(19,20)15-10-13(21-2)7-8-14(15)22-3;/h7-8,10,12,18H,4-6,9,11,17H2,1-3H3;1H. The van der Waals surface area contributed by atoms with Gasteiger partial charge in [-0.05, 0) is 30.9 Å². The molecule has 0 amide bonds. The molecule has 2 rings (SSSR count).